The lowest BCUT2D eigenvalue weighted by molar-refractivity contribution is -0.125. The summed E-state index contributed by atoms with van der Waals surface area (Å²) in [6, 6.07) is 5.68. The fourth-order valence-electron chi connectivity index (χ4n) is 2.17. The second kappa shape index (κ2) is 8.07. The van der Waals surface area contributed by atoms with Crippen LogP contribution in [0.1, 0.15) is 11.6 Å². The Bertz CT molecular complexity index is 661. The number of carbonyl (C=O) groups is 1. The molecule has 2 rings (SSSR count). The molecule has 1 N–H and O–H groups in total. The van der Waals surface area contributed by atoms with Crippen LogP contribution in [0.3, 0.4) is 0 Å². The molecule has 1 heterocycles. The van der Waals surface area contributed by atoms with E-state index < -0.39 is 6.04 Å². The Morgan fingerprint density at radius 1 is 1.43 bits per heavy atom. The van der Waals surface area contributed by atoms with Gasteiger partial charge in [-0.25, -0.2) is 4.39 Å². The van der Waals surface area contributed by atoms with Crippen molar-refractivity contribution >= 4 is 17.7 Å². The van der Waals surface area contributed by atoms with Gasteiger partial charge in [0.25, 0.3) is 0 Å². The maximum absolute atomic E-state index is 14.0. The van der Waals surface area contributed by atoms with Crippen LogP contribution in [0.25, 0.3) is 0 Å². The molecule has 0 saturated heterocycles. The third-order valence-corrected chi connectivity index (χ3v) is 4.30. The van der Waals surface area contributed by atoms with Gasteiger partial charge in [-0.3, -0.25) is 9.69 Å². The number of nitrogens with zero attached hydrogens (tertiary/aromatic N) is 4. The molecule has 124 valence electrons. The minimum Gasteiger partial charge on any atom is -0.354 e. The summed E-state index contributed by atoms with van der Waals surface area (Å²) in [7, 11) is 5.37. The van der Waals surface area contributed by atoms with Crippen LogP contribution in [0, 0.1) is 5.82 Å². The molecule has 6 nitrogen and oxygen atoms in total. The first kappa shape index (κ1) is 17.4. The number of aryl methyl sites for hydroxylation is 1. The summed E-state index contributed by atoms with van der Waals surface area (Å²) in [4.78, 5) is 14.1. The summed E-state index contributed by atoms with van der Waals surface area (Å²) in [5.74, 6) is 0.0591. The smallest absolute Gasteiger partial charge is 0.242 e. The molecule has 0 bridgehead atoms. The normalized spacial score (nSPS) is 12.4. The van der Waals surface area contributed by atoms with Gasteiger partial charge in [0.05, 0.1) is 0 Å². The lowest BCUT2D eigenvalue weighted by atomic mass is 10.0. The molecule has 23 heavy (non-hydrogen) atoms. The Hall–Kier alpha value is -1.93. The average Bonchev–Trinajstić information content (AvgIpc) is 2.91. The largest absolute Gasteiger partial charge is 0.354 e. The summed E-state index contributed by atoms with van der Waals surface area (Å²) < 4.78 is 15.8. The van der Waals surface area contributed by atoms with Crippen LogP contribution < -0.4 is 5.32 Å². The lowest BCUT2D eigenvalue weighted by Gasteiger charge is -2.24. The van der Waals surface area contributed by atoms with Crippen molar-refractivity contribution < 1.29 is 9.18 Å². The number of hydrogen-bond donors (Lipinski definition) is 1. The van der Waals surface area contributed by atoms with E-state index >= 15 is 0 Å². The van der Waals surface area contributed by atoms with Crippen molar-refractivity contribution in [1.82, 2.24) is 25.0 Å². The zero-order valence-electron chi connectivity index (χ0n) is 13.4. The number of aromatic nitrogens is 3. The van der Waals surface area contributed by atoms with Gasteiger partial charge in [-0.1, -0.05) is 30.0 Å². The second-order valence-corrected chi connectivity index (χ2v) is 6.31. The molecule has 0 aliphatic heterocycles. The molecule has 1 aromatic heterocycles. The van der Waals surface area contributed by atoms with Gasteiger partial charge in [0.15, 0.2) is 5.16 Å². The zero-order chi connectivity index (χ0) is 16.8. The number of amides is 1. The third-order valence-electron chi connectivity index (χ3n) is 3.27. The molecule has 2 aromatic rings. The van der Waals surface area contributed by atoms with Gasteiger partial charge in [-0.05, 0) is 20.2 Å². The first-order valence-electron chi connectivity index (χ1n) is 7.16. The van der Waals surface area contributed by atoms with Crippen molar-refractivity contribution in [3.8, 4) is 0 Å². The molecule has 1 atom stereocenters. The average molecular weight is 337 g/mol. The predicted octanol–water partition coefficient (Wildman–Crippen LogP) is 1.47. The van der Waals surface area contributed by atoms with Crippen molar-refractivity contribution in [1.29, 1.82) is 0 Å². The highest BCUT2D eigenvalue weighted by Crippen LogP contribution is 2.21. The number of nitrogens with one attached hydrogen (secondary N) is 1. The van der Waals surface area contributed by atoms with Crippen LogP contribution in [-0.2, 0) is 11.8 Å². The molecule has 0 unspecified atom stereocenters. The van der Waals surface area contributed by atoms with Crippen molar-refractivity contribution in [3.05, 3.63) is 42.0 Å². The summed E-state index contributed by atoms with van der Waals surface area (Å²) >= 11 is 1.50. The fraction of sp³-hybridized carbons (Fsp3) is 0.400. The van der Waals surface area contributed by atoms with Crippen molar-refractivity contribution in [2.75, 3.05) is 26.4 Å². The van der Waals surface area contributed by atoms with Gasteiger partial charge in [0.2, 0.25) is 5.91 Å². The molecule has 0 spiro atoms. The molecule has 1 amide bonds. The Kier molecular flexibility index (Phi) is 6.12. The number of carbonyl (C=O) groups excluding carboxylic acids is 1. The number of halogens is 1. The number of hydrogen-bond acceptors (Lipinski definition) is 5. The van der Waals surface area contributed by atoms with Gasteiger partial charge in [-0.2, -0.15) is 0 Å². The molecular weight excluding hydrogens is 317 g/mol. The van der Waals surface area contributed by atoms with E-state index in [2.05, 4.69) is 15.5 Å². The lowest BCUT2D eigenvalue weighted by Crippen LogP contribution is -2.38. The van der Waals surface area contributed by atoms with Crippen molar-refractivity contribution in [2.45, 2.75) is 11.2 Å². The maximum atomic E-state index is 14.0. The minimum absolute atomic E-state index is 0.223. The van der Waals surface area contributed by atoms with Gasteiger partial charge in [-0.15, -0.1) is 10.2 Å². The van der Waals surface area contributed by atoms with E-state index in [0.717, 1.165) is 5.16 Å². The monoisotopic (exact) mass is 337 g/mol. The van der Waals surface area contributed by atoms with E-state index in [-0.39, 0.29) is 11.7 Å². The Balaban J connectivity index is 1.92. The van der Waals surface area contributed by atoms with E-state index in [0.29, 0.717) is 17.9 Å². The van der Waals surface area contributed by atoms with E-state index in [1.54, 1.807) is 43.5 Å². The quantitative estimate of drug-likeness (QED) is 0.612. The topological polar surface area (TPSA) is 63.1 Å². The minimum atomic E-state index is -0.656. The van der Waals surface area contributed by atoms with E-state index in [9.17, 15) is 9.18 Å². The molecule has 0 aliphatic rings. The first-order valence-corrected chi connectivity index (χ1v) is 8.14. The van der Waals surface area contributed by atoms with Crippen LogP contribution in [0.2, 0.25) is 0 Å². The molecule has 0 fully saturated rings. The fourth-order valence-corrected chi connectivity index (χ4v) is 2.91. The number of rotatable bonds is 7. The van der Waals surface area contributed by atoms with Crippen molar-refractivity contribution in [2.24, 2.45) is 7.05 Å². The maximum Gasteiger partial charge on any atom is 0.242 e. The summed E-state index contributed by atoms with van der Waals surface area (Å²) in [5.41, 5.74) is 0.371. The summed E-state index contributed by atoms with van der Waals surface area (Å²) in [6.45, 7) is 0.467. The highest BCUT2D eigenvalue weighted by Gasteiger charge is 2.25. The molecule has 0 aliphatic carbocycles. The highest BCUT2D eigenvalue weighted by molar-refractivity contribution is 7.99. The van der Waals surface area contributed by atoms with Gasteiger partial charge in [0, 0.05) is 24.9 Å². The van der Waals surface area contributed by atoms with Crippen LogP contribution in [-0.4, -0.2) is 52.0 Å². The Labute approximate surface area is 139 Å². The molecule has 8 heteroatoms. The van der Waals surface area contributed by atoms with E-state index in [1.807, 2.05) is 11.6 Å². The third kappa shape index (κ3) is 4.52. The SMILES string of the molecule is CN(C)[C@H](C(=O)NCCSc1nncn1C)c1ccccc1F. The summed E-state index contributed by atoms with van der Waals surface area (Å²) in [5, 5.41) is 11.4. The van der Waals surface area contributed by atoms with E-state index in [4.69, 9.17) is 0 Å². The van der Waals surface area contributed by atoms with Gasteiger partial charge in [0.1, 0.15) is 18.2 Å². The number of likely N-dealkylation sites (N-methyl/N-ethyl adjacent to an activating group) is 1. The molecule has 0 saturated carbocycles. The zero-order valence-corrected chi connectivity index (χ0v) is 14.2. The van der Waals surface area contributed by atoms with Gasteiger partial charge >= 0.3 is 0 Å². The van der Waals surface area contributed by atoms with Gasteiger partial charge < -0.3 is 9.88 Å². The highest BCUT2D eigenvalue weighted by atomic mass is 32.2. The Morgan fingerprint density at radius 3 is 2.78 bits per heavy atom. The Morgan fingerprint density at radius 2 is 2.17 bits per heavy atom. The van der Waals surface area contributed by atoms with Crippen LogP contribution in [0.5, 0.6) is 0 Å². The van der Waals surface area contributed by atoms with Crippen LogP contribution in [0.15, 0.2) is 35.7 Å². The van der Waals surface area contributed by atoms with Crippen molar-refractivity contribution in [3.63, 3.8) is 0 Å². The number of thioether (sulfide) groups is 1. The second-order valence-electron chi connectivity index (χ2n) is 5.25. The number of benzene rings is 1. The first-order chi connectivity index (χ1) is 11.0. The van der Waals surface area contributed by atoms with Crippen LogP contribution >= 0.6 is 11.8 Å². The molecular formula is C15H20FN5OS. The van der Waals surface area contributed by atoms with Crippen LogP contribution in [0.4, 0.5) is 4.39 Å². The molecule has 1 aromatic carbocycles. The standard InChI is InChI=1S/C15H20FN5OS/c1-20(2)13(11-6-4-5-7-12(11)16)14(22)17-8-9-23-15-19-18-10-21(15)3/h4-7,10,13H,8-9H2,1-3H3,(H,17,22)/t13-/m0/s1. The molecule has 0 radical (unpaired) electrons. The predicted molar refractivity (Wildman–Crippen MR) is 87.6 cm³/mol. The summed E-state index contributed by atoms with van der Waals surface area (Å²) in [6.07, 6.45) is 1.63. The van der Waals surface area contributed by atoms with E-state index in [1.165, 1.54) is 17.8 Å².